The first-order valence-electron chi connectivity index (χ1n) is 9.53. The van der Waals surface area contributed by atoms with Crippen LogP contribution >= 0.6 is 11.3 Å². The highest BCUT2D eigenvalue weighted by atomic mass is 32.1. The van der Waals surface area contributed by atoms with Crippen molar-refractivity contribution in [2.75, 3.05) is 20.8 Å². The summed E-state index contributed by atoms with van der Waals surface area (Å²) in [5, 5.41) is 2.01. The quantitative estimate of drug-likeness (QED) is 0.564. The molecular formula is C24H23NO3S. The second-order valence-corrected chi connectivity index (χ2v) is 7.83. The molecule has 1 aromatic heterocycles. The predicted molar refractivity (Wildman–Crippen MR) is 117 cm³/mol. The van der Waals surface area contributed by atoms with Crippen molar-refractivity contribution < 1.29 is 14.3 Å². The fourth-order valence-corrected chi connectivity index (χ4v) is 4.43. The van der Waals surface area contributed by atoms with Gasteiger partial charge in [0, 0.05) is 17.5 Å². The van der Waals surface area contributed by atoms with Gasteiger partial charge in [0.15, 0.2) is 11.5 Å². The molecule has 5 heteroatoms. The zero-order valence-corrected chi connectivity index (χ0v) is 17.3. The van der Waals surface area contributed by atoms with Crippen molar-refractivity contribution in [2.24, 2.45) is 0 Å². The molecule has 0 radical (unpaired) electrons. The summed E-state index contributed by atoms with van der Waals surface area (Å²) in [5.41, 5.74) is 3.35. The average Bonchev–Trinajstić information content (AvgIpc) is 3.30. The number of nitrogens with zero attached hydrogens (tertiary/aromatic N) is 1. The highest BCUT2D eigenvalue weighted by Crippen LogP contribution is 2.41. The molecule has 1 unspecified atom stereocenters. The van der Waals surface area contributed by atoms with Gasteiger partial charge in [-0.1, -0.05) is 36.4 Å². The van der Waals surface area contributed by atoms with Gasteiger partial charge in [-0.05, 0) is 52.8 Å². The molecule has 1 aliphatic rings. The number of rotatable bonds is 5. The van der Waals surface area contributed by atoms with Gasteiger partial charge < -0.3 is 14.4 Å². The number of carbonyl (C=O) groups is 1. The standard InChI is InChI=1S/C24H23NO3S/c1-27-21-15-18-12-13-25(23(26)11-10-19-9-6-14-29-19)24(17-7-4-3-5-8-17)20(18)16-22(21)28-2/h3-11,14-16,24H,12-13H2,1-2H3. The summed E-state index contributed by atoms with van der Waals surface area (Å²) in [6.45, 7) is 0.648. The van der Waals surface area contributed by atoms with Crippen molar-refractivity contribution in [1.82, 2.24) is 4.90 Å². The molecule has 2 heterocycles. The van der Waals surface area contributed by atoms with Gasteiger partial charge in [0.2, 0.25) is 5.91 Å². The van der Waals surface area contributed by atoms with Crippen LogP contribution in [0.15, 0.2) is 66.1 Å². The third kappa shape index (κ3) is 3.91. The van der Waals surface area contributed by atoms with Gasteiger partial charge in [0.05, 0.1) is 20.3 Å². The number of fused-ring (bicyclic) bond motifs is 1. The van der Waals surface area contributed by atoms with Gasteiger partial charge in [-0.3, -0.25) is 4.79 Å². The van der Waals surface area contributed by atoms with Gasteiger partial charge in [0.1, 0.15) is 0 Å². The van der Waals surface area contributed by atoms with Crippen LogP contribution in [0.3, 0.4) is 0 Å². The van der Waals surface area contributed by atoms with Crippen LogP contribution in [0.1, 0.15) is 27.6 Å². The van der Waals surface area contributed by atoms with E-state index in [9.17, 15) is 4.79 Å². The van der Waals surface area contributed by atoms with Crippen LogP contribution in [0.2, 0.25) is 0 Å². The number of amides is 1. The Labute approximate surface area is 175 Å². The number of methoxy groups -OCH3 is 2. The van der Waals surface area contributed by atoms with Crippen molar-refractivity contribution in [3.63, 3.8) is 0 Å². The van der Waals surface area contributed by atoms with E-state index in [-0.39, 0.29) is 11.9 Å². The first-order chi connectivity index (χ1) is 14.2. The lowest BCUT2D eigenvalue weighted by Gasteiger charge is -2.37. The lowest BCUT2D eigenvalue weighted by molar-refractivity contribution is -0.127. The van der Waals surface area contributed by atoms with E-state index in [0.29, 0.717) is 12.3 Å². The van der Waals surface area contributed by atoms with Crippen molar-refractivity contribution in [1.29, 1.82) is 0 Å². The molecule has 1 aliphatic heterocycles. The first kappa shape index (κ1) is 19.3. The highest BCUT2D eigenvalue weighted by molar-refractivity contribution is 7.10. The van der Waals surface area contributed by atoms with Crippen LogP contribution in [0.4, 0.5) is 0 Å². The largest absolute Gasteiger partial charge is 0.493 e. The van der Waals surface area contributed by atoms with E-state index in [1.54, 1.807) is 31.6 Å². The van der Waals surface area contributed by atoms with Gasteiger partial charge >= 0.3 is 0 Å². The summed E-state index contributed by atoms with van der Waals surface area (Å²) in [4.78, 5) is 16.2. The maximum atomic E-state index is 13.2. The number of hydrogen-bond acceptors (Lipinski definition) is 4. The summed E-state index contributed by atoms with van der Waals surface area (Å²) in [7, 11) is 3.28. The van der Waals surface area contributed by atoms with Crippen molar-refractivity contribution >= 4 is 23.3 Å². The predicted octanol–water partition coefficient (Wildman–Crippen LogP) is 4.95. The third-order valence-electron chi connectivity index (χ3n) is 5.21. The van der Waals surface area contributed by atoms with Crippen LogP contribution < -0.4 is 9.47 Å². The number of ether oxygens (including phenoxy) is 2. The van der Waals surface area contributed by atoms with Crippen molar-refractivity contribution in [3.05, 3.63) is 87.6 Å². The van der Waals surface area contributed by atoms with Crippen LogP contribution in [0, 0.1) is 0 Å². The smallest absolute Gasteiger partial charge is 0.247 e. The Morgan fingerprint density at radius 3 is 2.52 bits per heavy atom. The molecular weight excluding hydrogens is 382 g/mol. The Morgan fingerprint density at radius 2 is 1.83 bits per heavy atom. The fourth-order valence-electron chi connectivity index (χ4n) is 3.81. The minimum Gasteiger partial charge on any atom is -0.493 e. The molecule has 4 nitrogen and oxygen atoms in total. The molecule has 0 spiro atoms. The van der Waals surface area contributed by atoms with E-state index in [0.717, 1.165) is 28.2 Å². The Kier molecular flexibility index (Phi) is 5.67. The second kappa shape index (κ2) is 8.53. The first-order valence-corrected chi connectivity index (χ1v) is 10.4. The topological polar surface area (TPSA) is 38.8 Å². The van der Waals surface area contributed by atoms with Gasteiger partial charge in [-0.25, -0.2) is 0 Å². The fraction of sp³-hybridized carbons (Fsp3) is 0.208. The molecule has 4 rings (SSSR count). The van der Waals surface area contributed by atoms with Crippen molar-refractivity contribution in [2.45, 2.75) is 12.5 Å². The van der Waals surface area contributed by atoms with Crippen LogP contribution in [-0.4, -0.2) is 31.6 Å². The molecule has 0 N–H and O–H groups in total. The minimum absolute atomic E-state index is 0.00712. The van der Waals surface area contributed by atoms with E-state index in [2.05, 4.69) is 12.1 Å². The van der Waals surface area contributed by atoms with E-state index in [1.807, 2.05) is 58.8 Å². The Balaban J connectivity index is 1.76. The molecule has 0 aliphatic carbocycles. The normalized spacial score (nSPS) is 15.9. The van der Waals surface area contributed by atoms with Crippen LogP contribution in [0.5, 0.6) is 11.5 Å². The number of carbonyl (C=O) groups excluding carboxylic acids is 1. The summed E-state index contributed by atoms with van der Waals surface area (Å²) in [5.74, 6) is 1.40. The minimum atomic E-state index is -0.166. The van der Waals surface area contributed by atoms with Gasteiger partial charge in [0.25, 0.3) is 0 Å². The molecule has 29 heavy (non-hydrogen) atoms. The molecule has 0 saturated heterocycles. The molecule has 148 valence electrons. The maximum Gasteiger partial charge on any atom is 0.247 e. The monoisotopic (exact) mass is 405 g/mol. The van der Waals surface area contributed by atoms with Crippen LogP contribution in [0.25, 0.3) is 6.08 Å². The zero-order chi connectivity index (χ0) is 20.2. The Bertz CT molecular complexity index is 1010. The molecule has 3 aromatic rings. The SMILES string of the molecule is COc1cc2c(cc1OC)C(c1ccccc1)N(C(=O)C=Cc1cccs1)CC2. The molecule has 0 bridgehead atoms. The summed E-state index contributed by atoms with van der Waals surface area (Å²) in [6, 6.07) is 18.0. The van der Waals surface area contributed by atoms with Gasteiger partial charge in [-0.2, -0.15) is 0 Å². The third-order valence-corrected chi connectivity index (χ3v) is 6.04. The molecule has 0 fully saturated rings. The van der Waals surface area contributed by atoms with E-state index in [1.165, 1.54) is 5.56 Å². The summed E-state index contributed by atoms with van der Waals surface area (Å²) < 4.78 is 11.0. The highest BCUT2D eigenvalue weighted by Gasteiger charge is 2.32. The van der Waals surface area contributed by atoms with E-state index < -0.39 is 0 Å². The van der Waals surface area contributed by atoms with Crippen molar-refractivity contribution in [3.8, 4) is 11.5 Å². The lowest BCUT2D eigenvalue weighted by Crippen LogP contribution is -2.39. The Hall–Kier alpha value is -3.05. The van der Waals surface area contributed by atoms with E-state index >= 15 is 0 Å². The molecule has 1 amide bonds. The second-order valence-electron chi connectivity index (χ2n) is 6.85. The molecule has 0 saturated carbocycles. The lowest BCUT2D eigenvalue weighted by atomic mass is 9.87. The van der Waals surface area contributed by atoms with Crippen LogP contribution in [-0.2, 0) is 11.2 Å². The van der Waals surface area contributed by atoms with E-state index in [4.69, 9.17) is 9.47 Å². The zero-order valence-electron chi connectivity index (χ0n) is 16.5. The number of hydrogen-bond donors (Lipinski definition) is 0. The maximum absolute atomic E-state index is 13.2. The van der Waals surface area contributed by atoms with Gasteiger partial charge in [-0.15, -0.1) is 11.3 Å². The molecule has 1 atom stereocenters. The average molecular weight is 406 g/mol. The summed E-state index contributed by atoms with van der Waals surface area (Å²) >= 11 is 1.62. The number of benzene rings is 2. The Morgan fingerprint density at radius 1 is 1.07 bits per heavy atom. The molecule has 2 aromatic carbocycles. The number of thiophene rings is 1. The summed E-state index contributed by atoms with van der Waals surface area (Å²) in [6.07, 6.45) is 4.34.